The SMILES string of the molecule is CNCc1coc(-c2cccc(OC)c2OC)n1. The zero-order chi connectivity index (χ0) is 13.0. The Morgan fingerprint density at radius 3 is 2.78 bits per heavy atom. The van der Waals surface area contributed by atoms with Gasteiger partial charge >= 0.3 is 0 Å². The summed E-state index contributed by atoms with van der Waals surface area (Å²) in [7, 11) is 5.06. The van der Waals surface area contributed by atoms with Crippen molar-refractivity contribution in [2.24, 2.45) is 0 Å². The summed E-state index contributed by atoms with van der Waals surface area (Å²) in [6, 6.07) is 5.59. The van der Waals surface area contributed by atoms with E-state index in [0.29, 0.717) is 23.9 Å². The Morgan fingerprint density at radius 1 is 1.28 bits per heavy atom. The van der Waals surface area contributed by atoms with Gasteiger partial charge in [-0.3, -0.25) is 0 Å². The molecule has 0 fully saturated rings. The second-order valence-corrected chi connectivity index (χ2v) is 3.72. The molecule has 0 aliphatic carbocycles. The summed E-state index contributed by atoms with van der Waals surface area (Å²) in [4.78, 5) is 4.39. The van der Waals surface area contributed by atoms with E-state index in [-0.39, 0.29) is 0 Å². The Balaban J connectivity index is 2.42. The van der Waals surface area contributed by atoms with Crippen molar-refractivity contribution >= 4 is 0 Å². The summed E-state index contributed by atoms with van der Waals surface area (Å²) in [6.07, 6.45) is 1.63. The van der Waals surface area contributed by atoms with E-state index in [1.54, 1.807) is 20.5 Å². The van der Waals surface area contributed by atoms with Gasteiger partial charge in [0.15, 0.2) is 11.5 Å². The normalized spacial score (nSPS) is 10.4. The third kappa shape index (κ3) is 2.31. The second kappa shape index (κ2) is 5.55. The number of para-hydroxylation sites is 1. The molecule has 0 spiro atoms. The highest BCUT2D eigenvalue weighted by atomic mass is 16.5. The molecule has 18 heavy (non-hydrogen) atoms. The predicted octanol–water partition coefficient (Wildman–Crippen LogP) is 2.08. The lowest BCUT2D eigenvalue weighted by atomic mass is 10.2. The molecule has 0 atom stereocenters. The number of nitrogens with one attached hydrogen (secondary N) is 1. The lowest BCUT2D eigenvalue weighted by Crippen LogP contribution is -2.04. The standard InChI is InChI=1S/C13H16N2O3/c1-14-7-9-8-18-13(15-9)10-5-4-6-11(16-2)12(10)17-3/h4-6,8,14H,7H2,1-3H3. The molecular formula is C13H16N2O3. The molecule has 5 heteroatoms. The van der Waals surface area contributed by atoms with Crippen LogP contribution in [0, 0.1) is 0 Å². The van der Waals surface area contributed by atoms with E-state index in [0.717, 1.165) is 11.3 Å². The number of aromatic nitrogens is 1. The molecule has 0 aliphatic rings. The molecule has 1 heterocycles. The van der Waals surface area contributed by atoms with E-state index in [2.05, 4.69) is 10.3 Å². The third-order valence-corrected chi connectivity index (χ3v) is 2.54. The van der Waals surface area contributed by atoms with Crippen LogP contribution in [0.1, 0.15) is 5.69 Å². The molecule has 0 saturated carbocycles. The summed E-state index contributed by atoms with van der Waals surface area (Å²) in [5, 5.41) is 3.02. The lowest BCUT2D eigenvalue weighted by molar-refractivity contribution is 0.355. The van der Waals surface area contributed by atoms with E-state index < -0.39 is 0 Å². The molecule has 1 aromatic heterocycles. The van der Waals surface area contributed by atoms with Gasteiger partial charge < -0.3 is 19.2 Å². The van der Waals surface area contributed by atoms with Crippen LogP contribution in [-0.2, 0) is 6.54 Å². The van der Waals surface area contributed by atoms with E-state index in [4.69, 9.17) is 13.9 Å². The number of oxazole rings is 1. The van der Waals surface area contributed by atoms with Gasteiger partial charge in [-0.2, -0.15) is 0 Å². The first-order valence-corrected chi connectivity index (χ1v) is 5.60. The van der Waals surface area contributed by atoms with Crippen molar-refractivity contribution in [2.75, 3.05) is 21.3 Å². The molecule has 1 N–H and O–H groups in total. The Morgan fingerprint density at radius 2 is 2.11 bits per heavy atom. The Kier molecular flexibility index (Phi) is 3.84. The molecule has 0 bridgehead atoms. The third-order valence-electron chi connectivity index (χ3n) is 2.54. The smallest absolute Gasteiger partial charge is 0.230 e. The number of ether oxygens (including phenoxy) is 2. The number of rotatable bonds is 5. The highest BCUT2D eigenvalue weighted by molar-refractivity contribution is 5.67. The van der Waals surface area contributed by atoms with Gasteiger partial charge in [-0.25, -0.2) is 4.98 Å². The average Bonchev–Trinajstić information content (AvgIpc) is 2.86. The van der Waals surface area contributed by atoms with Crippen molar-refractivity contribution in [2.45, 2.75) is 6.54 Å². The van der Waals surface area contributed by atoms with Gasteiger partial charge in [0.2, 0.25) is 5.89 Å². The molecule has 96 valence electrons. The van der Waals surface area contributed by atoms with Gasteiger partial charge in [0.25, 0.3) is 0 Å². The molecule has 2 rings (SSSR count). The minimum atomic E-state index is 0.524. The van der Waals surface area contributed by atoms with E-state index in [9.17, 15) is 0 Å². The number of hydrogen-bond donors (Lipinski definition) is 1. The molecule has 0 amide bonds. The van der Waals surface area contributed by atoms with Crippen LogP contribution in [-0.4, -0.2) is 26.3 Å². The maximum absolute atomic E-state index is 5.46. The van der Waals surface area contributed by atoms with Crippen LogP contribution in [0.15, 0.2) is 28.9 Å². The van der Waals surface area contributed by atoms with Gasteiger partial charge in [0.05, 0.1) is 25.5 Å². The van der Waals surface area contributed by atoms with Crippen molar-refractivity contribution in [3.05, 3.63) is 30.2 Å². The summed E-state index contributed by atoms with van der Waals surface area (Å²) in [5.74, 6) is 1.80. The zero-order valence-electron chi connectivity index (χ0n) is 10.7. The van der Waals surface area contributed by atoms with Crippen LogP contribution in [0.5, 0.6) is 11.5 Å². The van der Waals surface area contributed by atoms with Crippen LogP contribution in [0.2, 0.25) is 0 Å². The summed E-state index contributed by atoms with van der Waals surface area (Å²) < 4.78 is 16.1. The quantitative estimate of drug-likeness (QED) is 0.878. The fourth-order valence-electron chi connectivity index (χ4n) is 1.75. The van der Waals surface area contributed by atoms with E-state index in [1.807, 2.05) is 25.2 Å². The van der Waals surface area contributed by atoms with E-state index >= 15 is 0 Å². The number of benzene rings is 1. The largest absolute Gasteiger partial charge is 0.493 e. The molecule has 0 radical (unpaired) electrons. The van der Waals surface area contributed by atoms with Crippen LogP contribution in [0.3, 0.4) is 0 Å². The van der Waals surface area contributed by atoms with Crippen molar-refractivity contribution in [3.8, 4) is 23.0 Å². The molecule has 2 aromatic rings. The zero-order valence-corrected chi connectivity index (χ0v) is 10.7. The topological polar surface area (TPSA) is 56.5 Å². The second-order valence-electron chi connectivity index (χ2n) is 3.72. The summed E-state index contributed by atoms with van der Waals surface area (Å²) in [5.41, 5.74) is 1.62. The van der Waals surface area contributed by atoms with Gasteiger partial charge in [-0.15, -0.1) is 0 Å². The maximum atomic E-state index is 5.46. The first-order chi connectivity index (χ1) is 8.80. The lowest BCUT2D eigenvalue weighted by Gasteiger charge is -2.09. The van der Waals surface area contributed by atoms with E-state index in [1.165, 1.54) is 0 Å². The van der Waals surface area contributed by atoms with Gasteiger partial charge in [-0.1, -0.05) is 6.07 Å². The fourth-order valence-corrected chi connectivity index (χ4v) is 1.75. The minimum absolute atomic E-state index is 0.524. The molecule has 1 aromatic carbocycles. The Labute approximate surface area is 106 Å². The van der Waals surface area contributed by atoms with Gasteiger partial charge in [-0.05, 0) is 19.2 Å². The maximum Gasteiger partial charge on any atom is 0.230 e. The molecule has 5 nitrogen and oxygen atoms in total. The Bertz CT molecular complexity index is 523. The minimum Gasteiger partial charge on any atom is -0.493 e. The first kappa shape index (κ1) is 12.4. The molecule has 0 unspecified atom stereocenters. The molecule has 0 saturated heterocycles. The van der Waals surface area contributed by atoms with Crippen LogP contribution < -0.4 is 14.8 Å². The van der Waals surface area contributed by atoms with Gasteiger partial charge in [0, 0.05) is 6.54 Å². The van der Waals surface area contributed by atoms with Crippen molar-refractivity contribution in [1.29, 1.82) is 0 Å². The summed E-state index contributed by atoms with van der Waals surface area (Å²) >= 11 is 0. The predicted molar refractivity (Wildman–Crippen MR) is 67.8 cm³/mol. The highest BCUT2D eigenvalue weighted by Crippen LogP contribution is 2.37. The molecular weight excluding hydrogens is 232 g/mol. The number of hydrogen-bond acceptors (Lipinski definition) is 5. The van der Waals surface area contributed by atoms with Crippen molar-refractivity contribution in [3.63, 3.8) is 0 Å². The van der Waals surface area contributed by atoms with Crippen molar-refractivity contribution < 1.29 is 13.9 Å². The average molecular weight is 248 g/mol. The van der Waals surface area contributed by atoms with Crippen LogP contribution in [0.25, 0.3) is 11.5 Å². The monoisotopic (exact) mass is 248 g/mol. The number of methoxy groups -OCH3 is 2. The van der Waals surface area contributed by atoms with Crippen LogP contribution >= 0.6 is 0 Å². The first-order valence-electron chi connectivity index (χ1n) is 5.60. The van der Waals surface area contributed by atoms with Crippen molar-refractivity contribution in [1.82, 2.24) is 10.3 Å². The Hall–Kier alpha value is -2.01. The van der Waals surface area contributed by atoms with Gasteiger partial charge in [0.1, 0.15) is 6.26 Å². The highest BCUT2D eigenvalue weighted by Gasteiger charge is 2.15. The molecule has 0 aliphatic heterocycles. The summed E-state index contributed by atoms with van der Waals surface area (Å²) in [6.45, 7) is 0.662. The fraction of sp³-hybridized carbons (Fsp3) is 0.308. The number of nitrogens with zero attached hydrogens (tertiary/aromatic N) is 1. The van der Waals surface area contributed by atoms with Crippen LogP contribution in [0.4, 0.5) is 0 Å².